The maximum absolute atomic E-state index is 11.8. The number of pyridine rings is 1. The minimum atomic E-state index is -3.31. The summed E-state index contributed by atoms with van der Waals surface area (Å²) in [5.41, 5.74) is 7.72. The first-order valence-electron chi connectivity index (χ1n) is 9.00. The zero-order chi connectivity index (χ0) is 21.7. The molecule has 0 aliphatic rings. The zero-order valence-corrected chi connectivity index (χ0v) is 17.4. The van der Waals surface area contributed by atoms with E-state index in [-0.39, 0.29) is 10.5 Å². The van der Waals surface area contributed by atoms with E-state index in [1.165, 1.54) is 12.3 Å². The highest BCUT2D eigenvalue weighted by molar-refractivity contribution is 7.90. The van der Waals surface area contributed by atoms with Crippen molar-refractivity contribution < 1.29 is 17.9 Å². The fraction of sp³-hybridized carbons (Fsp3) is 0.143. The lowest BCUT2D eigenvalue weighted by atomic mass is 10.2. The topological polar surface area (TPSA) is 123 Å². The van der Waals surface area contributed by atoms with Gasteiger partial charge in [0.1, 0.15) is 11.6 Å². The third-order valence-electron chi connectivity index (χ3n) is 4.34. The quantitative estimate of drug-likeness (QED) is 0.506. The van der Waals surface area contributed by atoms with Gasteiger partial charge < -0.3 is 21.1 Å². The van der Waals surface area contributed by atoms with Crippen LogP contribution < -0.4 is 21.1 Å². The molecule has 1 heterocycles. The van der Waals surface area contributed by atoms with Gasteiger partial charge in [0.15, 0.2) is 9.84 Å². The summed E-state index contributed by atoms with van der Waals surface area (Å²) in [6, 6.07) is 15.6. The summed E-state index contributed by atoms with van der Waals surface area (Å²) >= 11 is 0. The van der Waals surface area contributed by atoms with Gasteiger partial charge in [-0.05, 0) is 42.0 Å². The van der Waals surface area contributed by atoms with Crippen LogP contribution in [0.1, 0.15) is 15.9 Å². The maximum Gasteiger partial charge on any atom is 0.252 e. The first kappa shape index (κ1) is 21.1. The van der Waals surface area contributed by atoms with E-state index in [1.807, 2.05) is 24.3 Å². The molecule has 0 saturated carbocycles. The largest absolute Gasteiger partial charge is 0.497 e. The van der Waals surface area contributed by atoms with Gasteiger partial charge in [-0.15, -0.1) is 0 Å². The lowest BCUT2D eigenvalue weighted by Crippen LogP contribution is -2.15. The molecule has 1 aromatic heterocycles. The van der Waals surface area contributed by atoms with Crippen molar-refractivity contribution in [1.29, 1.82) is 0 Å². The summed E-state index contributed by atoms with van der Waals surface area (Å²) in [7, 11) is -1.71. The van der Waals surface area contributed by atoms with Crippen molar-refractivity contribution in [2.45, 2.75) is 11.4 Å². The average Bonchev–Trinajstić information content (AvgIpc) is 2.72. The van der Waals surface area contributed by atoms with Gasteiger partial charge in [-0.1, -0.05) is 12.1 Å². The van der Waals surface area contributed by atoms with Crippen LogP contribution >= 0.6 is 0 Å². The summed E-state index contributed by atoms with van der Waals surface area (Å²) in [6.45, 7) is 0.301. The minimum absolute atomic E-state index is 0.230. The van der Waals surface area contributed by atoms with Gasteiger partial charge in [0.2, 0.25) is 0 Å². The van der Waals surface area contributed by atoms with E-state index in [1.54, 1.807) is 31.4 Å². The Balaban J connectivity index is 1.82. The smallest absolute Gasteiger partial charge is 0.252 e. The molecule has 0 aliphatic carbocycles. The number of benzene rings is 2. The van der Waals surface area contributed by atoms with Gasteiger partial charge >= 0.3 is 0 Å². The summed E-state index contributed by atoms with van der Waals surface area (Å²) < 4.78 is 28.7. The van der Waals surface area contributed by atoms with E-state index >= 15 is 0 Å². The lowest BCUT2D eigenvalue weighted by Gasteiger charge is -2.13. The van der Waals surface area contributed by atoms with Crippen molar-refractivity contribution in [3.05, 3.63) is 71.9 Å². The van der Waals surface area contributed by atoms with E-state index in [0.717, 1.165) is 23.3 Å². The molecular formula is C21H22N4O4S. The highest BCUT2D eigenvalue weighted by Gasteiger charge is 2.12. The normalized spacial score (nSPS) is 11.0. The molecule has 8 nitrogen and oxygen atoms in total. The number of hydrogen-bond donors (Lipinski definition) is 3. The summed E-state index contributed by atoms with van der Waals surface area (Å²) in [5.74, 6) is 0.625. The Labute approximate surface area is 175 Å². The van der Waals surface area contributed by atoms with Crippen LogP contribution in [0.4, 0.5) is 17.2 Å². The highest BCUT2D eigenvalue weighted by Crippen LogP contribution is 2.24. The Morgan fingerprint density at radius 2 is 1.87 bits per heavy atom. The van der Waals surface area contributed by atoms with Gasteiger partial charge in [0, 0.05) is 30.8 Å². The van der Waals surface area contributed by atoms with E-state index in [4.69, 9.17) is 10.5 Å². The molecule has 3 aromatic rings. The Hall–Kier alpha value is -3.59. The minimum Gasteiger partial charge on any atom is -0.497 e. The Morgan fingerprint density at radius 1 is 1.13 bits per heavy atom. The van der Waals surface area contributed by atoms with Crippen molar-refractivity contribution in [3.8, 4) is 5.75 Å². The lowest BCUT2D eigenvalue weighted by molar-refractivity contribution is 0.100. The number of hydrogen-bond acceptors (Lipinski definition) is 7. The number of methoxy groups -OCH3 is 1. The SMILES string of the molecule is COc1ccc(Nc2cc(NCc3cccc(S(C)(=O)=O)c3)c(C(N)=O)cn2)cc1. The van der Waals surface area contributed by atoms with Crippen LogP contribution in [0.25, 0.3) is 0 Å². The number of amides is 1. The number of rotatable bonds is 8. The molecule has 156 valence electrons. The van der Waals surface area contributed by atoms with Crippen molar-refractivity contribution in [2.75, 3.05) is 24.0 Å². The predicted molar refractivity (Wildman–Crippen MR) is 116 cm³/mol. The first-order chi connectivity index (χ1) is 14.3. The first-order valence-corrected chi connectivity index (χ1v) is 10.9. The number of carbonyl (C=O) groups is 1. The molecule has 4 N–H and O–H groups in total. The van der Waals surface area contributed by atoms with Gasteiger partial charge in [-0.2, -0.15) is 0 Å². The Kier molecular flexibility index (Phi) is 6.22. The standard InChI is InChI=1S/C21H22N4O4S/c1-29-16-8-6-15(7-9-16)25-20-11-19(18(13-24-20)21(22)26)23-12-14-4-3-5-17(10-14)30(2,27)28/h3-11,13H,12H2,1-2H3,(H2,22,26)(H2,23,24,25). The fourth-order valence-electron chi connectivity index (χ4n) is 2.77. The second kappa shape index (κ2) is 8.83. The predicted octanol–water partition coefficient (Wildman–Crippen LogP) is 2.95. The van der Waals surface area contributed by atoms with Crippen LogP contribution in [0.2, 0.25) is 0 Å². The van der Waals surface area contributed by atoms with Crippen LogP contribution in [-0.4, -0.2) is 32.7 Å². The maximum atomic E-state index is 11.8. The molecule has 0 unspecified atom stereocenters. The number of primary amides is 1. The summed E-state index contributed by atoms with van der Waals surface area (Å²) in [5, 5.41) is 6.29. The van der Waals surface area contributed by atoms with Crippen molar-refractivity contribution in [3.63, 3.8) is 0 Å². The van der Waals surface area contributed by atoms with Gasteiger partial charge in [0.05, 0.1) is 23.3 Å². The van der Waals surface area contributed by atoms with Crippen LogP contribution in [0.15, 0.2) is 65.7 Å². The molecule has 0 saturated heterocycles. The van der Waals surface area contributed by atoms with Gasteiger partial charge in [-0.3, -0.25) is 4.79 Å². The van der Waals surface area contributed by atoms with Crippen LogP contribution in [-0.2, 0) is 16.4 Å². The molecule has 0 atom stereocenters. The summed E-state index contributed by atoms with van der Waals surface area (Å²) in [4.78, 5) is 16.3. The second-order valence-corrected chi connectivity index (χ2v) is 8.62. The number of nitrogens with two attached hydrogens (primary N) is 1. The molecule has 3 rings (SSSR count). The van der Waals surface area contributed by atoms with Crippen LogP contribution in [0.3, 0.4) is 0 Å². The Bertz CT molecular complexity index is 1160. The van der Waals surface area contributed by atoms with E-state index in [9.17, 15) is 13.2 Å². The molecule has 0 radical (unpaired) electrons. The number of carbonyl (C=O) groups excluding carboxylic acids is 1. The third-order valence-corrected chi connectivity index (χ3v) is 5.45. The van der Waals surface area contributed by atoms with Crippen LogP contribution in [0.5, 0.6) is 5.75 Å². The average molecular weight is 426 g/mol. The third kappa shape index (κ3) is 5.26. The molecule has 0 spiro atoms. The molecule has 0 fully saturated rings. The zero-order valence-electron chi connectivity index (χ0n) is 16.5. The second-order valence-electron chi connectivity index (χ2n) is 6.61. The number of nitrogens with zero attached hydrogens (tertiary/aromatic N) is 1. The molecule has 0 aliphatic heterocycles. The fourth-order valence-corrected chi connectivity index (χ4v) is 3.46. The number of aromatic nitrogens is 1. The van der Waals surface area contributed by atoms with E-state index < -0.39 is 15.7 Å². The number of anilines is 3. The van der Waals surface area contributed by atoms with Crippen molar-refractivity contribution >= 4 is 32.9 Å². The van der Waals surface area contributed by atoms with E-state index in [2.05, 4.69) is 15.6 Å². The van der Waals surface area contributed by atoms with Crippen LogP contribution in [0, 0.1) is 0 Å². The van der Waals surface area contributed by atoms with Gasteiger partial charge in [0.25, 0.3) is 5.91 Å². The van der Waals surface area contributed by atoms with Crippen molar-refractivity contribution in [1.82, 2.24) is 4.98 Å². The van der Waals surface area contributed by atoms with Crippen molar-refractivity contribution in [2.24, 2.45) is 5.73 Å². The highest BCUT2D eigenvalue weighted by atomic mass is 32.2. The number of nitrogens with one attached hydrogen (secondary N) is 2. The molecular weight excluding hydrogens is 404 g/mol. The molecule has 1 amide bonds. The monoisotopic (exact) mass is 426 g/mol. The Morgan fingerprint density at radius 3 is 2.50 bits per heavy atom. The number of sulfone groups is 1. The van der Waals surface area contributed by atoms with Gasteiger partial charge in [-0.25, -0.2) is 13.4 Å². The molecule has 30 heavy (non-hydrogen) atoms. The number of ether oxygens (including phenoxy) is 1. The summed E-state index contributed by atoms with van der Waals surface area (Å²) in [6.07, 6.45) is 2.55. The molecule has 2 aromatic carbocycles. The van der Waals surface area contributed by atoms with E-state index in [0.29, 0.717) is 18.1 Å². The molecule has 9 heteroatoms. The molecule has 0 bridgehead atoms.